The summed E-state index contributed by atoms with van der Waals surface area (Å²) in [6.07, 6.45) is 4.17. The van der Waals surface area contributed by atoms with Crippen LogP contribution in [0.25, 0.3) is 11.2 Å². The van der Waals surface area contributed by atoms with Crippen LogP contribution in [0.4, 0.5) is 0 Å². The molecule has 31 heavy (non-hydrogen) atoms. The SMILES string of the molecule is CCCCn1c(=O)[nH]c(=O)c2c1nc(CN(Cc1ccc(OC)cc1)C1CC1)n2CC. The monoisotopic (exact) mass is 425 g/mol. The smallest absolute Gasteiger partial charge is 0.330 e. The number of nitrogens with one attached hydrogen (secondary N) is 1. The molecule has 0 aliphatic heterocycles. The fourth-order valence-electron chi connectivity index (χ4n) is 4.10. The molecule has 2 aromatic heterocycles. The van der Waals surface area contributed by atoms with E-state index in [2.05, 4.69) is 28.9 Å². The maximum atomic E-state index is 12.6. The number of unbranched alkanes of at least 4 members (excludes halogenated alkanes) is 1. The first-order valence-corrected chi connectivity index (χ1v) is 11.1. The molecule has 1 saturated carbocycles. The largest absolute Gasteiger partial charge is 0.497 e. The Morgan fingerprint density at radius 1 is 1.13 bits per heavy atom. The van der Waals surface area contributed by atoms with Gasteiger partial charge in [0.25, 0.3) is 5.56 Å². The van der Waals surface area contributed by atoms with Crippen LogP contribution in [-0.4, -0.2) is 37.2 Å². The van der Waals surface area contributed by atoms with Crippen molar-refractivity contribution in [3.8, 4) is 5.75 Å². The van der Waals surface area contributed by atoms with Crippen LogP contribution < -0.4 is 16.0 Å². The van der Waals surface area contributed by atoms with Gasteiger partial charge in [-0.2, -0.15) is 0 Å². The summed E-state index contributed by atoms with van der Waals surface area (Å²) < 4.78 is 8.84. The molecule has 0 saturated heterocycles. The molecular weight excluding hydrogens is 394 g/mol. The van der Waals surface area contributed by atoms with Crippen LogP contribution in [0.2, 0.25) is 0 Å². The van der Waals surface area contributed by atoms with E-state index in [0.717, 1.165) is 31.0 Å². The minimum absolute atomic E-state index is 0.360. The van der Waals surface area contributed by atoms with Gasteiger partial charge in [0.15, 0.2) is 11.2 Å². The summed E-state index contributed by atoms with van der Waals surface area (Å²) in [5.74, 6) is 1.68. The lowest BCUT2D eigenvalue weighted by Crippen LogP contribution is -2.31. The third-order valence-electron chi connectivity index (χ3n) is 5.97. The first-order valence-electron chi connectivity index (χ1n) is 11.1. The average molecular weight is 426 g/mol. The number of aromatic nitrogens is 4. The fraction of sp³-hybridized carbons (Fsp3) is 0.522. The topological polar surface area (TPSA) is 85.2 Å². The summed E-state index contributed by atoms with van der Waals surface area (Å²) in [4.78, 5) is 34.8. The normalized spacial score (nSPS) is 13.9. The van der Waals surface area contributed by atoms with Crippen LogP contribution >= 0.6 is 0 Å². The number of nitrogens with zero attached hydrogens (tertiary/aromatic N) is 4. The Hall–Kier alpha value is -2.87. The molecule has 1 aliphatic rings. The zero-order valence-electron chi connectivity index (χ0n) is 18.6. The van der Waals surface area contributed by atoms with Crippen LogP contribution in [0, 0.1) is 0 Å². The Kier molecular flexibility index (Phi) is 6.27. The third kappa shape index (κ3) is 4.44. The minimum atomic E-state index is -0.379. The molecule has 0 spiro atoms. The van der Waals surface area contributed by atoms with Crippen LogP contribution in [0.5, 0.6) is 5.75 Å². The molecule has 0 bridgehead atoms. The highest BCUT2D eigenvalue weighted by atomic mass is 16.5. The van der Waals surface area contributed by atoms with Crippen molar-refractivity contribution in [2.75, 3.05) is 7.11 Å². The summed E-state index contributed by atoms with van der Waals surface area (Å²) in [5, 5.41) is 0. The van der Waals surface area contributed by atoms with E-state index in [4.69, 9.17) is 9.72 Å². The number of benzene rings is 1. The van der Waals surface area contributed by atoms with Crippen molar-refractivity contribution in [2.45, 2.75) is 71.8 Å². The van der Waals surface area contributed by atoms with Gasteiger partial charge in [0.1, 0.15) is 11.6 Å². The predicted molar refractivity (Wildman–Crippen MR) is 120 cm³/mol. The lowest BCUT2D eigenvalue weighted by Gasteiger charge is -2.22. The van der Waals surface area contributed by atoms with Gasteiger partial charge in [0.2, 0.25) is 0 Å². The number of aromatic amines is 1. The number of methoxy groups -OCH3 is 1. The number of hydrogen-bond acceptors (Lipinski definition) is 5. The zero-order chi connectivity index (χ0) is 22.0. The molecule has 3 aromatic rings. The van der Waals surface area contributed by atoms with E-state index >= 15 is 0 Å². The molecule has 1 aromatic carbocycles. The Bertz CT molecular complexity index is 1150. The summed E-state index contributed by atoms with van der Waals surface area (Å²) in [5.41, 5.74) is 1.47. The number of rotatable bonds is 10. The number of ether oxygens (including phenoxy) is 1. The van der Waals surface area contributed by atoms with Crippen LogP contribution in [0.1, 0.15) is 50.9 Å². The lowest BCUT2D eigenvalue weighted by molar-refractivity contribution is 0.236. The van der Waals surface area contributed by atoms with Gasteiger partial charge in [-0.25, -0.2) is 9.78 Å². The highest BCUT2D eigenvalue weighted by Gasteiger charge is 2.30. The van der Waals surface area contributed by atoms with Gasteiger partial charge in [0, 0.05) is 25.7 Å². The summed E-state index contributed by atoms with van der Waals surface area (Å²) in [6, 6.07) is 8.66. The quantitative estimate of drug-likeness (QED) is 0.540. The van der Waals surface area contributed by atoms with E-state index < -0.39 is 0 Å². The Labute approximate surface area is 181 Å². The molecule has 2 heterocycles. The number of fused-ring (bicyclic) bond motifs is 1. The second-order valence-corrected chi connectivity index (χ2v) is 8.19. The van der Waals surface area contributed by atoms with Crippen LogP contribution in [-0.2, 0) is 26.2 Å². The zero-order valence-corrected chi connectivity index (χ0v) is 18.6. The highest BCUT2D eigenvalue weighted by Crippen LogP contribution is 2.30. The van der Waals surface area contributed by atoms with Crippen molar-refractivity contribution in [3.63, 3.8) is 0 Å². The average Bonchev–Trinajstić information content (AvgIpc) is 3.55. The Morgan fingerprint density at radius 2 is 1.87 bits per heavy atom. The molecule has 166 valence electrons. The fourth-order valence-corrected chi connectivity index (χ4v) is 4.10. The lowest BCUT2D eigenvalue weighted by atomic mass is 10.2. The van der Waals surface area contributed by atoms with Crippen molar-refractivity contribution in [2.24, 2.45) is 0 Å². The molecule has 1 N–H and O–H groups in total. The van der Waals surface area contributed by atoms with Gasteiger partial charge in [-0.15, -0.1) is 0 Å². The summed E-state index contributed by atoms with van der Waals surface area (Å²) in [6.45, 7) is 6.72. The van der Waals surface area contributed by atoms with E-state index in [1.54, 1.807) is 11.7 Å². The van der Waals surface area contributed by atoms with Gasteiger partial charge in [0.05, 0.1) is 13.7 Å². The number of imidazole rings is 1. The summed E-state index contributed by atoms with van der Waals surface area (Å²) in [7, 11) is 1.67. The molecule has 8 nitrogen and oxygen atoms in total. The Morgan fingerprint density at radius 3 is 2.48 bits per heavy atom. The Balaban J connectivity index is 1.69. The van der Waals surface area contributed by atoms with E-state index in [1.165, 1.54) is 18.4 Å². The van der Waals surface area contributed by atoms with Crippen molar-refractivity contribution < 1.29 is 4.74 Å². The molecular formula is C23H31N5O3. The standard InChI is InChI=1S/C23H31N5O3/c1-4-6-13-28-21-20(22(29)25-23(28)30)27(5-2)19(24-21)15-26(17-9-10-17)14-16-7-11-18(31-3)12-8-16/h7-8,11-12,17H,4-6,9-10,13-15H2,1-3H3,(H,25,29,30). The maximum absolute atomic E-state index is 12.6. The predicted octanol–water partition coefficient (Wildman–Crippen LogP) is 2.88. The molecule has 1 aliphatic carbocycles. The van der Waals surface area contributed by atoms with Gasteiger partial charge < -0.3 is 9.30 Å². The number of H-pyrrole nitrogens is 1. The van der Waals surface area contributed by atoms with Gasteiger partial charge in [-0.3, -0.25) is 19.2 Å². The molecule has 1 fully saturated rings. The van der Waals surface area contributed by atoms with Crippen LogP contribution in [0.15, 0.2) is 33.9 Å². The van der Waals surface area contributed by atoms with Crippen molar-refractivity contribution in [1.82, 2.24) is 24.0 Å². The van der Waals surface area contributed by atoms with Crippen molar-refractivity contribution >= 4 is 11.2 Å². The summed E-state index contributed by atoms with van der Waals surface area (Å²) >= 11 is 0. The molecule has 0 atom stereocenters. The van der Waals surface area contributed by atoms with E-state index in [1.807, 2.05) is 23.6 Å². The molecule has 0 amide bonds. The third-order valence-corrected chi connectivity index (χ3v) is 5.97. The van der Waals surface area contributed by atoms with E-state index in [9.17, 15) is 9.59 Å². The molecule has 0 unspecified atom stereocenters. The first kappa shape index (κ1) is 21.4. The molecule has 8 heteroatoms. The highest BCUT2D eigenvalue weighted by molar-refractivity contribution is 5.71. The molecule has 0 radical (unpaired) electrons. The maximum Gasteiger partial charge on any atom is 0.330 e. The van der Waals surface area contributed by atoms with E-state index in [-0.39, 0.29) is 11.2 Å². The second kappa shape index (κ2) is 9.09. The van der Waals surface area contributed by atoms with E-state index in [0.29, 0.717) is 36.8 Å². The first-order chi connectivity index (χ1) is 15.0. The van der Waals surface area contributed by atoms with Gasteiger partial charge in [-0.1, -0.05) is 25.5 Å². The van der Waals surface area contributed by atoms with Crippen molar-refractivity contribution in [1.29, 1.82) is 0 Å². The number of hydrogen-bond donors (Lipinski definition) is 1. The van der Waals surface area contributed by atoms with Gasteiger partial charge in [-0.05, 0) is 43.9 Å². The van der Waals surface area contributed by atoms with Gasteiger partial charge >= 0.3 is 5.69 Å². The minimum Gasteiger partial charge on any atom is -0.497 e. The van der Waals surface area contributed by atoms with Crippen LogP contribution in [0.3, 0.4) is 0 Å². The molecule has 4 rings (SSSR count). The number of aryl methyl sites for hydroxylation is 2. The van der Waals surface area contributed by atoms with Crippen molar-refractivity contribution in [3.05, 3.63) is 56.5 Å². The second-order valence-electron chi connectivity index (χ2n) is 8.19.